The van der Waals surface area contributed by atoms with Crippen molar-refractivity contribution in [3.8, 4) is 0 Å². The summed E-state index contributed by atoms with van der Waals surface area (Å²) in [6.45, 7) is 2.74. The fraction of sp³-hybridized carbons (Fsp3) is 0.909. The average molecular weight is 247 g/mol. The van der Waals surface area contributed by atoms with Gasteiger partial charge in [-0.1, -0.05) is 0 Å². The van der Waals surface area contributed by atoms with E-state index in [4.69, 9.17) is 5.73 Å². The third-order valence-electron chi connectivity index (χ3n) is 3.75. The van der Waals surface area contributed by atoms with Crippen LogP contribution < -0.4 is 5.73 Å². The second-order valence-corrected chi connectivity index (χ2v) is 4.90. The van der Waals surface area contributed by atoms with E-state index in [2.05, 4.69) is 4.90 Å². The summed E-state index contributed by atoms with van der Waals surface area (Å²) in [5.74, 6) is -1.03. The zero-order chi connectivity index (χ0) is 12.4. The van der Waals surface area contributed by atoms with Gasteiger partial charge >= 0.3 is 6.43 Å². The van der Waals surface area contributed by atoms with Gasteiger partial charge in [-0.25, -0.2) is 0 Å². The lowest BCUT2D eigenvalue weighted by atomic mass is 10.0. The second kappa shape index (κ2) is 5.27. The minimum atomic E-state index is -2.87. The third kappa shape index (κ3) is 2.93. The molecule has 2 saturated heterocycles. The molecular weight excluding hydrogens is 228 g/mol. The van der Waals surface area contributed by atoms with E-state index >= 15 is 0 Å². The molecule has 0 radical (unpaired) electrons. The molecule has 2 heterocycles. The lowest BCUT2D eigenvalue weighted by Gasteiger charge is -2.34. The van der Waals surface area contributed by atoms with Gasteiger partial charge in [-0.15, -0.1) is 0 Å². The standard InChI is InChI=1S/C11H19F2N3O/c12-10(13)11(17)16-6-3-9(7-16)15-4-1-8(14)2-5-15/h8-10H,1-7,14H2. The topological polar surface area (TPSA) is 49.6 Å². The lowest BCUT2D eigenvalue weighted by Crippen LogP contribution is -2.46. The molecule has 98 valence electrons. The van der Waals surface area contributed by atoms with Crippen LogP contribution in [-0.4, -0.2) is 60.4 Å². The van der Waals surface area contributed by atoms with Crippen molar-refractivity contribution < 1.29 is 13.6 Å². The highest BCUT2D eigenvalue weighted by atomic mass is 19.3. The first-order chi connectivity index (χ1) is 8.08. The minimum absolute atomic E-state index is 0.241. The quantitative estimate of drug-likeness (QED) is 0.762. The van der Waals surface area contributed by atoms with Crippen LogP contribution >= 0.6 is 0 Å². The summed E-state index contributed by atoms with van der Waals surface area (Å²) in [5, 5.41) is 0. The van der Waals surface area contributed by atoms with E-state index in [0.29, 0.717) is 13.1 Å². The summed E-state index contributed by atoms with van der Waals surface area (Å²) >= 11 is 0. The molecule has 0 saturated carbocycles. The van der Waals surface area contributed by atoms with Gasteiger partial charge in [0, 0.05) is 25.2 Å². The molecule has 17 heavy (non-hydrogen) atoms. The second-order valence-electron chi connectivity index (χ2n) is 4.90. The van der Waals surface area contributed by atoms with Crippen molar-refractivity contribution in [2.75, 3.05) is 26.2 Å². The summed E-state index contributed by atoms with van der Waals surface area (Å²) in [4.78, 5) is 14.7. The van der Waals surface area contributed by atoms with Crippen LogP contribution in [0.3, 0.4) is 0 Å². The van der Waals surface area contributed by atoms with Crippen molar-refractivity contribution in [1.82, 2.24) is 9.80 Å². The van der Waals surface area contributed by atoms with Crippen LogP contribution in [0.15, 0.2) is 0 Å². The van der Waals surface area contributed by atoms with E-state index in [-0.39, 0.29) is 12.1 Å². The molecule has 0 aromatic carbocycles. The highest BCUT2D eigenvalue weighted by Crippen LogP contribution is 2.20. The number of nitrogens with zero attached hydrogens (tertiary/aromatic N) is 2. The van der Waals surface area contributed by atoms with Crippen molar-refractivity contribution in [3.63, 3.8) is 0 Å². The first-order valence-electron chi connectivity index (χ1n) is 6.14. The van der Waals surface area contributed by atoms with Gasteiger partial charge in [0.05, 0.1) is 0 Å². The van der Waals surface area contributed by atoms with Crippen LogP contribution in [0.2, 0.25) is 0 Å². The number of amides is 1. The van der Waals surface area contributed by atoms with E-state index in [0.717, 1.165) is 32.4 Å². The number of hydrogen-bond acceptors (Lipinski definition) is 3. The molecule has 2 aliphatic heterocycles. The number of rotatable bonds is 2. The number of carbonyl (C=O) groups is 1. The molecule has 0 aromatic rings. The fourth-order valence-electron chi connectivity index (χ4n) is 2.66. The van der Waals surface area contributed by atoms with E-state index in [9.17, 15) is 13.6 Å². The first kappa shape index (κ1) is 12.7. The smallest absolute Gasteiger partial charge is 0.315 e. The summed E-state index contributed by atoms with van der Waals surface area (Å²) < 4.78 is 24.6. The lowest BCUT2D eigenvalue weighted by molar-refractivity contribution is -0.141. The Balaban J connectivity index is 1.83. The molecule has 4 nitrogen and oxygen atoms in total. The Labute approximate surface area is 99.7 Å². The molecule has 1 atom stereocenters. The van der Waals surface area contributed by atoms with Gasteiger partial charge in [0.1, 0.15) is 0 Å². The molecule has 2 fully saturated rings. The van der Waals surface area contributed by atoms with Gasteiger partial charge in [0.2, 0.25) is 0 Å². The Kier molecular flexibility index (Phi) is 3.93. The summed E-state index contributed by atoms with van der Waals surface area (Å²) in [6, 6.07) is 0.511. The molecule has 1 amide bonds. The molecule has 6 heteroatoms. The van der Waals surface area contributed by atoms with Crippen molar-refractivity contribution in [3.05, 3.63) is 0 Å². The number of piperidine rings is 1. The molecule has 1 unspecified atom stereocenters. The van der Waals surface area contributed by atoms with Crippen LogP contribution in [0.1, 0.15) is 19.3 Å². The molecule has 0 aromatic heterocycles. The zero-order valence-corrected chi connectivity index (χ0v) is 9.82. The van der Waals surface area contributed by atoms with Gasteiger partial charge in [-0.3, -0.25) is 9.69 Å². The van der Waals surface area contributed by atoms with Crippen molar-refractivity contribution in [1.29, 1.82) is 0 Å². The maximum Gasteiger partial charge on any atom is 0.315 e. The van der Waals surface area contributed by atoms with Crippen LogP contribution in [0.5, 0.6) is 0 Å². The third-order valence-corrected chi connectivity index (χ3v) is 3.75. The molecule has 0 aliphatic carbocycles. The Morgan fingerprint density at radius 2 is 1.82 bits per heavy atom. The van der Waals surface area contributed by atoms with Crippen LogP contribution in [0, 0.1) is 0 Å². The van der Waals surface area contributed by atoms with Crippen molar-refractivity contribution in [2.45, 2.75) is 37.8 Å². The van der Waals surface area contributed by atoms with E-state index < -0.39 is 12.3 Å². The predicted octanol–water partition coefficient (Wildman–Crippen LogP) is 0.275. The van der Waals surface area contributed by atoms with Gasteiger partial charge in [0.15, 0.2) is 0 Å². The number of carbonyl (C=O) groups excluding carboxylic acids is 1. The maximum absolute atomic E-state index is 12.3. The average Bonchev–Trinajstić information content (AvgIpc) is 2.78. The van der Waals surface area contributed by atoms with Gasteiger partial charge in [-0.2, -0.15) is 8.78 Å². The molecule has 2 aliphatic rings. The van der Waals surface area contributed by atoms with Crippen molar-refractivity contribution >= 4 is 5.91 Å². The Hall–Kier alpha value is -0.750. The number of alkyl halides is 2. The minimum Gasteiger partial charge on any atom is -0.336 e. The summed E-state index contributed by atoms with van der Waals surface area (Å²) in [7, 11) is 0. The maximum atomic E-state index is 12.3. The van der Waals surface area contributed by atoms with Crippen LogP contribution in [-0.2, 0) is 4.79 Å². The largest absolute Gasteiger partial charge is 0.336 e. The van der Waals surface area contributed by atoms with E-state index in [1.165, 1.54) is 4.90 Å². The fourth-order valence-corrected chi connectivity index (χ4v) is 2.66. The van der Waals surface area contributed by atoms with E-state index in [1.807, 2.05) is 0 Å². The molecule has 0 bridgehead atoms. The van der Waals surface area contributed by atoms with Gasteiger partial charge in [0.25, 0.3) is 5.91 Å². The van der Waals surface area contributed by atoms with Crippen molar-refractivity contribution in [2.24, 2.45) is 5.73 Å². The predicted molar refractivity (Wildman–Crippen MR) is 59.8 cm³/mol. The summed E-state index contributed by atoms with van der Waals surface area (Å²) in [5.41, 5.74) is 5.82. The van der Waals surface area contributed by atoms with Gasteiger partial charge < -0.3 is 10.6 Å². The number of halogens is 2. The van der Waals surface area contributed by atoms with Gasteiger partial charge in [-0.05, 0) is 32.4 Å². The molecule has 2 rings (SSSR count). The normalized spacial score (nSPS) is 28.0. The van der Waals surface area contributed by atoms with E-state index in [1.54, 1.807) is 0 Å². The Bertz CT molecular complexity index is 280. The van der Waals surface area contributed by atoms with Crippen LogP contribution in [0.4, 0.5) is 8.78 Å². The molecule has 2 N–H and O–H groups in total. The molecule has 0 spiro atoms. The Morgan fingerprint density at radius 3 is 2.41 bits per heavy atom. The highest BCUT2D eigenvalue weighted by molar-refractivity contribution is 5.79. The zero-order valence-electron chi connectivity index (χ0n) is 9.82. The number of likely N-dealkylation sites (tertiary alicyclic amines) is 2. The monoisotopic (exact) mass is 247 g/mol. The first-order valence-corrected chi connectivity index (χ1v) is 6.14. The van der Waals surface area contributed by atoms with Crippen LogP contribution in [0.25, 0.3) is 0 Å². The molecular formula is C11H19F2N3O. The highest BCUT2D eigenvalue weighted by Gasteiger charge is 2.34. The summed E-state index contributed by atoms with van der Waals surface area (Å²) in [6.07, 6.45) is -0.157. The number of hydrogen-bond donors (Lipinski definition) is 1. The number of nitrogens with two attached hydrogens (primary N) is 1. The Morgan fingerprint density at radius 1 is 1.18 bits per heavy atom. The SMILES string of the molecule is NC1CCN(C2CCN(C(=O)C(F)F)C2)CC1.